The Bertz CT molecular complexity index is 173. The average molecular weight is 185 g/mol. The summed E-state index contributed by atoms with van der Waals surface area (Å²) in [5.74, 6) is 0. The van der Waals surface area contributed by atoms with Crippen molar-refractivity contribution >= 4 is 34.1 Å². The summed E-state index contributed by atoms with van der Waals surface area (Å²) in [6, 6.07) is 0. The molecule has 0 fully saturated rings. The zero-order valence-corrected chi connectivity index (χ0v) is 9.49. The second kappa shape index (κ2) is 5.20. The molecule has 7 radical (unpaired) electrons. The van der Waals surface area contributed by atoms with Gasteiger partial charge in [0.15, 0.2) is 0 Å². The topological polar surface area (TPSA) is 35.0 Å². The van der Waals surface area contributed by atoms with Gasteiger partial charge in [0.1, 0.15) is 0 Å². The molecule has 0 saturated heterocycles. The second-order valence-corrected chi connectivity index (χ2v) is 4.75. The summed E-state index contributed by atoms with van der Waals surface area (Å²) in [5.41, 5.74) is 1.40. The molecule has 3 heteroatoms. The summed E-state index contributed by atoms with van der Waals surface area (Å²) in [5, 5.41) is 0. The highest BCUT2D eigenvalue weighted by molar-refractivity contribution is 6.16. The van der Waals surface area contributed by atoms with Gasteiger partial charge in [0.2, 0.25) is 0 Å². The zero-order valence-electron chi connectivity index (χ0n) is 7.26. The number of rotatable bonds is 0. The molecule has 0 spiro atoms. The summed E-state index contributed by atoms with van der Waals surface area (Å²) in [6.45, 7) is 4.42. The van der Waals surface area contributed by atoms with Crippen molar-refractivity contribution in [2.45, 2.75) is 23.8 Å². The highest BCUT2D eigenvalue weighted by atomic mass is 35.5. The first kappa shape index (κ1) is 14.0. The minimum Gasteiger partial charge on any atom is -0.344 e. The molecule has 1 unspecified atom stereocenters. The Kier molecular flexibility index (Phi) is 6.63. The third kappa shape index (κ3) is 4.85. The molecular formula is C8H15ClMgN+2. The molecule has 1 atom stereocenters. The highest BCUT2D eigenvalue weighted by Crippen LogP contribution is 2.31. The summed E-state index contributed by atoms with van der Waals surface area (Å²) >= 11 is 2.06. The molecule has 0 saturated carbocycles. The summed E-state index contributed by atoms with van der Waals surface area (Å²) in [7, 11) is 0. The molecule has 0 amide bonds. The Balaban J connectivity index is 0. The van der Waals surface area contributed by atoms with E-state index in [1.54, 1.807) is 0 Å². The van der Waals surface area contributed by atoms with Gasteiger partial charge in [0.25, 0.3) is 0 Å². The summed E-state index contributed by atoms with van der Waals surface area (Å²) < 4.78 is 0.430. The van der Waals surface area contributed by atoms with E-state index >= 15 is 0 Å². The maximum atomic E-state index is 2.30. The minimum atomic E-state index is 0. The van der Waals surface area contributed by atoms with Crippen LogP contribution in [-0.4, -0.2) is 21.7 Å². The standard InChI is InChI=1S/C8H11.ClH.Mg.H3N/c1-7-3-5-8(2)6-4-7;;;/h3-5H,6H2,1-2H3;1H;;1H3/q;;+2;. The molecule has 11 heavy (non-hydrogen) atoms. The Hall–Kier alpha value is 0.496. The van der Waals surface area contributed by atoms with Crippen LogP contribution in [0.3, 0.4) is 0 Å². The van der Waals surface area contributed by atoms with Gasteiger partial charge in [-0.3, -0.25) is 0 Å². The van der Waals surface area contributed by atoms with Crippen molar-refractivity contribution in [3.05, 3.63) is 23.8 Å². The third-order valence-electron chi connectivity index (χ3n) is 1.64. The summed E-state index contributed by atoms with van der Waals surface area (Å²) in [4.78, 5) is 0. The Morgan fingerprint density at radius 1 is 1.55 bits per heavy atom. The fourth-order valence-corrected chi connectivity index (χ4v) is 1.13. The largest absolute Gasteiger partial charge is 1.42 e. The molecule has 0 heterocycles. The van der Waals surface area contributed by atoms with Crippen LogP contribution in [0, 0.1) is 0 Å². The van der Waals surface area contributed by atoms with E-state index in [2.05, 4.69) is 53.8 Å². The van der Waals surface area contributed by atoms with Crippen LogP contribution in [0.5, 0.6) is 0 Å². The van der Waals surface area contributed by atoms with Crippen LogP contribution in [0.2, 0.25) is 3.54 Å². The molecule has 0 bridgehead atoms. The lowest BCUT2D eigenvalue weighted by atomic mass is 9.98. The lowest BCUT2D eigenvalue weighted by Crippen LogP contribution is -2.05. The third-order valence-corrected chi connectivity index (χ3v) is 2.16. The fourth-order valence-electron chi connectivity index (χ4n) is 0.863. The molecule has 1 aliphatic rings. The van der Waals surface area contributed by atoms with Gasteiger partial charge < -0.3 is 6.15 Å². The average Bonchev–Trinajstić information content (AvgIpc) is 1.78. The van der Waals surface area contributed by atoms with Crippen molar-refractivity contribution in [1.82, 2.24) is 6.15 Å². The first-order valence-corrected chi connectivity index (χ1v) is 4.02. The van der Waals surface area contributed by atoms with Crippen molar-refractivity contribution < 1.29 is 0 Å². The van der Waals surface area contributed by atoms with Crippen molar-refractivity contribution in [3.8, 4) is 0 Å². The van der Waals surface area contributed by atoms with Crippen LogP contribution in [0.15, 0.2) is 23.8 Å². The van der Waals surface area contributed by atoms with E-state index in [1.807, 2.05) is 0 Å². The van der Waals surface area contributed by atoms with Crippen molar-refractivity contribution in [2.24, 2.45) is 0 Å². The van der Waals surface area contributed by atoms with Crippen molar-refractivity contribution in [1.29, 1.82) is 0 Å². The predicted molar refractivity (Wildman–Crippen MR) is 53.9 cm³/mol. The molecule has 3 N–H and O–H groups in total. The van der Waals surface area contributed by atoms with Crippen LogP contribution in [-0.2, 0) is 0 Å². The molecule has 1 aliphatic carbocycles. The fraction of sp³-hybridized carbons (Fsp3) is 0.500. The van der Waals surface area contributed by atoms with Gasteiger partial charge in [-0.05, 0) is 13.0 Å². The summed E-state index contributed by atoms with van der Waals surface area (Å²) in [6.07, 6.45) is 8.00. The first-order chi connectivity index (χ1) is 4.10. The molecular weight excluding hydrogens is 170 g/mol. The molecule has 59 valence electrons. The number of hydrogen-bond donors (Lipinski definition) is 1. The lowest BCUT2D eigenvalue weighted by molar-refractivity contribution is 0.758. The minimum absolute atomic E-state index is 0. The maximum Gasteiger partial charge on any atom is 1.42 e. The van der Waals surface area contributed by atoms with Gasteiger partial charge >= 0.3 is 25.3 Å². The van der Waals surface area contributed by atoms with E-state index in [0.29, 0.717) is 3.54 Å². The monoisotopic (exact) mass is 184 g/mol. The molecule has 0 aromatic heterocycles. The smallest absolute Gasteiger partial charge is 0.344 e. The normalized spacial score (nSPS) is 28.1. The van der Waals surface area contributed by atoms with Gasteiger partial charge in [0.05, 0.1) is 0 Å². The zero-order chi connectivity index (χ0) is 6.91. The Labute approximate surface area is 87.7 Å². The lowest BCUT2D eigenvalue weighted by Gasteiger charge is -2.03. The molecule has 0 aliphatic heterocycles. The predicted octanol–water partition coefficient (Wildman–Crippen LogP) is 2.82. The SMILES string of the molecule is CC1=CC[C](C)([Mg+2])C=C1.Cl.N. The van der Waals surface area contributed by atoms with Crippen LogP contribution >= 0.6 is 12.4 Å². The first-order valence-electron chi connectivity index (χ1n) is 3.31. The molecule has 0 aromatic carbocycles. The Morgan fingerprint density at radius 3 is 2.36 bits per heavy atom. The van der Waals surface area contributed by atoms with E-state index in [-0.39, 0.29) is 18.6 Å². The second-order valence-electron chi connectivity index (χ2n) is 3.14. The molecule has 1 nitrogen and oxygen atoms in total. The van der Waals surface area contributed by atoms with Gasteiger partial charge in [-0.15, -0.1) is 12.4 Å². The molecule has 0 aromatic rings. The maximum absolute atomic E-state index is 2.30. The number of hydrogen-bond acceptors (Lipinski definition) is 1. The van der Waals surface area contributed by atoms with E-state index in [4.69, 9.17) is 0 Å². The van der Waals surface area contributed by atoms with Gasteiger partial charge in [0, 0.05) is 13.3 Å². The number of allylic oxidation sites excluding steroid dienone is 4. The van der Waals surface area contributed by atoms with Crippen LogP contribution in [0.1, 0.15) is 20.3 Å². The van der Waals surface area contributed by atoms with Crippen LogP contribution in [0.4, 0.5) is 0 Å². The highest BCUT2D eigenvalue weighted by Gasteiger charge is 2.54. The Morgan fingerprint density at radius 2 is 2.09 bits per heavy atom. The van der Waals surface area contributed by atoms with E-state index in [9.17, 15) is 0 Å². The molecule has 1 rings (SSSR count). The van der Waals surface area contributed by atoms with E-state index in [0.717, 1.165) is 0 Å². The van der Waals surface area contributed by atoms with Crippen LogP contribution in [0.25, 0.3) is 0 Å². The van der Waals surface area contributed by atoms with Crippen LogP contribution < -0.4 is 6.15 Å². The van der Waals surface area contributed by atoms with Crippen molar-refractivity contribution in [2.75, 3.05) is 0 Å². The van der Waals surface area contributed by atoms with E-state index in [1.165, 1.54) is 12.0 Å². The quantitative estimate of drug-likeness (QED) is 0.578. The van der Waals surface area contributed by atoms with Gasteiger partial charge in [-0.2, -0.15) is 0 Å². The van der Waals surface area contributed by atoms with Crippen molar-refractivity contribution in [3.63, 3.8) is 0 Å². The van der Waals surface area contributed by atoms with E-state index < -0.39 is 0 Å². The van der Waals surface area contributed by atoms with Gasteiger partial charge in [-0.25, -0.2) is 0 Å². The van der Waals surface area contributed by atoms with Gasteiger partial charge in [-0.1, -0.05) is 17.7 Å². The number of halogens is 1.